The Balaban J connectivity index is 3.51. The maximum atomic E-state index is 11.6. The molecule has 0 aromatic rings. The van der Waals surface area contributed by atoms with E-state index in [1.54, 1.807) is 13.3 Å². The van der Waals surface area contributed by atoms with E-state index < -0.39 is 7.14 Å². The van der Waals surface area contributed by atoms with Crippen molar-refractivity contribution in [2.75, 3.05) is 32.7 Å². The average molecular weight is 318 g/mol. The van der Waals surface area contributed by atoms with E-state index in [0.717, 1.165) is 30.7 Å². The fourth-order valence-corrected chi connectivity index (χ4v) is 2.56. The molecule has 0 rings (SSSR count). The third kappa shape index (κ3) is 14.1. The van der Waals surface area contributed by atoms with Gasteiger partial charge in [0.1, 0.15) is 0 Å². The van der Waals surface area contributed by atoms with E-state index in [4.69, 9.17) is 0 Å². The number of nitrogens with zero attached hydrogens (tertiary/aromatic N) is 1. The Bertz CT molecular complexity index is 342. The van der Waals surface area contributed by atoms with Crippen LogP contribution >= 0.6 is 7.14 Å². The third-order valence-electron chi connectivity index (χ3n) is 3.08. The van der Waals surface area contributed by atoms with Gasteiger partial charge in [-0.05, 0) is 32.6 Å². The molecule has 0 fully saturated rings. The standard InChI is InChI=1S/C15H31N2O3P/c1-4-5-6-7-8-9-10-11-12-17(19)15(18)13-16-14-21(2,3)20/h4,16,19H,1,5-14H2,2-3H3. The summed E-state index contributed by atoms with van der Waals surface area (Å²) in [5, 5.41) is 13.2. The topological polar surface area (TPSA) is 69.6 Å². The van der Waals surface area contributed by atoms with Crippen LogP contribution in [0.15, 0.2) is 12.7 Å². The van der Waals surface area contributed by atoms with Crippen LogP contribution in [0.2, 0.25) is 0 Å². The van der Waals surface area contributed by atoms with Crippen molar-refractivity contribution in [2.45, 2.75) is 44.9 Å². The Morgan fingerprint density at radius 2 is 1.76 bits per heavy atom. The van der Waals surface area contributed by atoms with E-state index >= 15 is 0 Å². The molecule has 0 unspecified atom stereocenters. The van der Waals surface area contributed by atoms with Gasteiger partial charge in [0.15, 0.2) is 0 Å². The van der Waals surface area contributed by atoms with Crippen molar-refractivity contribution in [2.24, 2.45) is 0 Å². The number of carbonyl (C=O) groups excluding carboxylic acids is 1. The maximum Gasteiger partial charge on any atom is 0.259 e. The van der Waals surface area contributed by atoms with Crippen LogP contribution in [0.5, 0.6) is 0 Å². The molecule has 0 atom stereocenters. The first-order valence-corrected chi connectivity index (χ1v) is 10.5. The lowest BCUT2D eigenvalue weighted by molar-refractivity contribution is -0.164. The number of allylic oxidation sites excluding steroid dienone is 1. The second-order valence-corrected chi connectivity index (χ2v) is 9.34. The Kier molecular flexibility index (Phi) is 11.6. The molecule has 0 spiro atoms. The zero-order chi connectivity index (χ0) is 16.1. The average Bonchev–Trinajstić information content (AvgIpc) is 2.40. The predicted molar refractivity (Wildman–Crippen MR) is 88.3 cm³/mol. The molecule has 0 aliphatic rings. The van der Waals surface area contributed by atoms with Gasteiger partial charge >= 0.3 is 0 Å². The van der Waals surface area contributed by atoms with Crippen LogP contribution in [0.25, 0.3) is 0 Å². The Morgan fingerprint density at radius 3 is 2.33 bits per heavy atom. The summed E-state index contributed by atoms with van der Waals surface area (Å²) in [6.07, 6.45) is 9.90. The second kappa shape index (κ2) is 12.0. The SMILES string of the molecule is C=CCCCCCCCCN(O)C(=O)CNCP(C)(C)=O. The summed E-state index contributed by atoms with van der Waals surface area (Å²) in [6.45, 7) is 7.41. The molecule has 124 valence electrons. The van der Waals surface area contributed by atoms with Crippen molar-refractivity contribution in [1.82, 2.24) is 10.4 Å². The van der Waals surface area contributed by atoms with Crippen LogP contribution < -0.4 is 5.32 Å². The van der Waals surface area contributed by atoms with Crippen molar-refractivity contribution < 1.29 is 14.6 Å². The predicted octanol–water partition coefficient (Wildman–Crippen LogP) is 3.29. The lowest BCUT2D eigenvalue weighted by atomic mass is 10.1. The summed E-state index contributed by atoms with van der Waals surface area (Å²) in [4.78, 5) is 11.6. The van der Waals surface area contributed by atoms with Crippen molar-refractivity contribution in [1.29, 1.82) is 0 Å². The highest BCUT2D eigenvalue weighted by Crippen LogP contribution is 2.33. The first-order valence-electron chi connectivity index (χ1n) is 7.71. The zero-order valence-corrected chi connectivity index (χ0v) is 14.4. The summed E-state index contributed by atoms with van der Waals surface area (Å²) >= 11 is 0. The molecule has 0 aromatic heterocycles. The summed E-state index contributed by atoms with van der Waals surface area (Å²) in [6, 6.07) is 0. The van der Waals surface area contributed by atoms with Gasteiger partial charge in [0.05, 0.1) is 13.7 Å². The first kappa shape index (κ1) is 20.4. The summed E-state index contributed by atoms with van der Waals surface area (Å²) in [5.74, 6) is -0.366. The molecule has 0 aromatic carbocycles. The minimum Gasteiger partial charge on any atom is -0.323 e. The van der Waals surface area contributed by atoms with Crippen LogP contribution in [0.3, 0.4) is 0 Å². The van der Waals surface area contributed by atoms with Crippen LogP contribution in [0, 0.1) is 0 Å². The molecule has 0 heterocycles. The van der Waals surface area contributed by atoms with Gasteiger partial charge in [-0.2, -0.15) is 0 Å². The van der Waals surface area contributed by atoms with Crippen LogP contribution in [-0.4, -0.2) is 48.9 Å². The summed E-state index contributed by atoms with van der Waals surface area (Å²) in [7, 11) is -2.16. The minimum atomic E-state index is -2.16. The van der Waals surface area contributed by atoms with E-state index in [2.05, 4.69) is 11.9 Å². The normalized spacial score (nSPS) is 11.4. The van der Waals surface area contributed by atoms with Crippen LogP contribution in [0.4, 0.5) is 0 Å². The molecular weight excluding hydrogens is 287 g/mol. The van der Waals surface area contributed by atoms with Gasteiger partial charge < -0.3 is 9.88 Å². The number of nitrogens with one attached hydrogen (secondary N) is 1. The number of hydrogen-bond acceptors (Lipinski definition) is 4. The van der Waals surface area contributed by atoms with E-state index in [1.165, 1.54) is 19.3 Å². The molecule has 2 N–H and O–H groups in total. The fraction of sp³-hybridized carbons (Fsp3) is 0.800. The van der Waals surface area contributed by atoms with Crippen molar-refractivity contribution in [3.05, 3.63) is 12.7 Å². The van der Waals surface area contributed by atoms with Gasteiger partial charge in [-0.1, -0.05) is 31.8 Å². The molecule has 0 aliphatic carbocycles. The molecule has 0 aliphatic heterocycles. The fourth-order valence-electron chi connectivity index (χ4n) is 1.91. The van der Waals surface area contributed by atoms with E-state index in [9.17, 15) is 14.6 Å². The molecule has 0 saturated heterocycles. The first-order chi connectivity index (χ1) is 9.87. The van der Waals surface area contributed by atoms with Gasteiger partial charge in [-0.3, -0.25) is 10.0 Å². The molecule has 5 nitrogen and oxygen atoms in total. The van der Waals surface area contributed by atoms with E-state index in [-0.39, 0.29) is 12.5 Å². The Morgan fingerprint density at radius 1 is 1.19 bits per heavy atom. The highest BCUT2D eigenvalue weighted by atomic mass is 31.2. The highest BCUT2D eigenvalue weighted by molar-refractivity contribution is 7.62. The largest absolute Gasteiger partial charge is 0.323 e. The molecule has 0 bridgehead atoms. The molecule has 1 amide bonds. The van der Waals surface area contributed by atoms with Gasteiger partial charge in [-0.25, -0.2) is 5.06 Å². The van der Waals surface area contributed by atoms with Gasteiger partial charge in [-0.15, -0.1) is 6.58 Å². The number of hydroxylamine groups is 2. The molecule has 21 heavy (non-hydrogen) atoms. The minimum absolute atomic E-state index is 0.0315. The van der Waals surface area contributed by atoms with Gasteiger partial charge in [0.2, 0.25) is 0 Å². The van der Waals surface area contributed by atoms with Crippen LogP contribution in [0.1, 0.15) is 44.9 Å². The number of hydrogen-bond donors (Lipinski definition) is 2. The van der Waals surface area contributed by atoms with Gasteiger partial charge in [0, 0.05) is 12.8 Å². The maximum absolute atomic E-state index is 11.6. The van der Waals surface area contributed by atoms with E-state index in [0.29, 0.717) is 12.8 Å². The number of rotatable bonds is 13. The van der Waals surface area contributed by atoms with E-state index in [1.807, 2.05) is 6.08 Å². The second-order valence-electron chi connectivity index (χ2n) is 5.87. The summed E-state index contributed by atoms with van der Waals surface area (Å²) in [5.41, 5.74) is 0. The third-order valence-corrected chi connectivity index (χ3v) is 4.07. The number of unbranched alkanes of at least 4 members (excludes halogenated alkanes) is 6. The Labute approximate surface area is 129 Å². The zero-order valence-electron chi connectivity index (χ0n) is 13.5. The number of carbonyl (C=O) groups is 1. The monoisotopic (exact) mass is 318 g/mol. The summed E-state index contributed by atoms with van der Waals surface area (Å²) < 4.78 is 11.4. The van der Waals surface area contributed by atoms with Crippen molar-refractivity contribution >= 4 is 13.0 Å². The highest BCUT2D eigenvalue weighted by Gasteiger charge is 2.12. The molecule has 0 saturated carbocycles. The lowest BCUT2D eigenvalue weighted by Crippen LogP contribution is -2.36. The van der Waals surface area contributed by atoms with Crippen LogP contribution in [-0.2, 0) is 9.36 Å². The molecule has 0 radical (unpaired) electrons. The molecule has 6 heteroatoms. The quantitative estimate of drug-likeness (QED) is 0.180. The molecular formula is C15H31N2O3P. The lowest BCUT2D eigenvalue weighted by Gasteiger charge is -2.16. The Hall–Kier alpha value is -0.640. The van der Waals surface area contributed by atoms with Crippen molar-refractivity contribution in [3.63, 3.8) is 0 Å². The number of amides is 1. The smallest absolute Gasteiger partial charge is 0.259 e. The van der Waals surface area contributed by atoms with Crippen molar-refractivity contribution in [3.8, 4) is 0 Å². The van der Waals surface area contributed by atoms with Gasteiger partial charge in [0.25, 0.3) is 5.91 Å².